The summed E-state index contributed by atoms with van der Waals surface area (Å²) in [7, 11) is 0. The van der Waals surface area contributed by atoms with Gasteiger partial charge in [0.05, 0.1) is 0 Å². The summed E-state index contributed by atoms with van der Waals surface area (Å²) in [6.07, 6.45) is 0. The van der Waals surface area contributed by atoms with E-state index in [1.807, 2.05) is 6.07 Å². The molecule has 0 aliphatic rings. The van der Waals surface area contributed by atoms with E-state index in [0.29, 0.717) is 11.3 Å². The van der Waals surface area contributed by atoms with Crippen LogP contribution in [0.5, 0.6) is 0 Å². The second kappa shape index (κ2) is 4.11. The van der Waals surface area contributed by atoms with Gasteiger partial charge in [-0.2, -0.15) is 0 Å². The van der Waals surface area contributed by atoms with Crippen molar-refractivity contribution in [2.75, 3.05) is 5.73 Å². The summed E-state index contributed by atoms with van der Waals surface area (Å²) >= 11 is 9.13. The van der Waals surface area contributed by atoms with Crippen molar-refractivity contribution in [3.05, 3.63) is 28.2 Å². The fourth-order valence-electron chi connectivity index (χ4n) is 0.995. The minimum absolute atomic E-state index is 0.101. The lowest BCUT2D eigenvalue weighted by Gasteiger charge is -2.09. The normalized spacial score (nSPS) is 12.5. The zero-order valence-corrected chi connectivity index (χ0v) is 9.39. The zero-order chi connectivity index (χ0) is 10.0. The van der Waals surface area contributed by atoms with Gasteiger partial charge in [0.1, 0.15) is 5.38 Å². The lowest BCUT2D eigenvalue weighted by molar-refractivity contribution is -0.116. The van der Waals surface area contributed by atoms with Gasteiger partial charge in [-0.3, -0.25) is 4.79 Å². The van der Waals surface area contributed by atoms with E-state index in [0.717, 1.165) is 4.47 Å². The third-order valence-electron chi connectivity index (χ3n) is 1.68. The summed E-state index contributed by atoms with van der Waals surface area (Å²) in [5, 5.41) is -0.645. The van der Waals surface area contributed by atoms with E-state index in [2.05, 4.69) is 15.9 Å². The van der Waals surface area contributed by atoms with Crippen LogP contribution < -0.4 is 5.73 Å². The second-order valence-electron chi connectivity index (χ2n) is 2.75. The maximum atomic E-state index is 11.0. The molecule has 1 atom stereocenters. The number of Topliss-reactive ketones (excluding diaryl/α,β-unsaturated/α-hetero) is 1. The standard InChI is InChI=1S/C9H9BrClNO/c1-5(13)9(11)7-3-2-6(10)4-8(7)12/h2-4,9H,12H2,1H3. The maximum absolute atomic E-state index is 11.0. The van der Waals surface area contributed by atoms with Crippen LogP contribution in [0.2, 0.25) is 0 Å². The van der Waals surface area contributed by atoms with Crippen molar-refractivity contribution in [3.8, 4) is 0 Å². The molecule has 70 valence electrons. The molecule has 13 heavy (non-hydrogen) atoms. The van der Waals surface area contributed by atoms with E-state index in [1.54, 1.807) is 12.1 Å². The van der Waals surface area contributed by atoms with E-state index >= 15 is 0 Å². The summed E-state index contributed by atoms with van der Waals surface area (Å²) in [6, 6.07) is 5.29. The lowest BCUT2D eigenvalue weighted by atomic mass is 10.1. The number of anilines is 1. The Morgan fingerprint density at radius 3 is 2.69 bits per heavy atom. The number of nitrogen functional groups attached to an aromatic ring is 1. The van der Waals surface area contributed by atoms with Gasteiger partial charge in [0.2, 0.25) is 0 Å². The first kappa shape index (κ1) is 10.5. The Hall–Kier alpha value is -0.540. The fourth-order valence-corrected chi connectivity index (χ4v) is 1.57. The Kier molecular flexibility index (Phi) is 3.33. The molecule has 0 aliphatic heterocycles. The van der Waals surface area contributed by atoms with Crippen molar-refractivity contribution in [1.29, 1.82) is 0 Å². The van der Waals surface area contributed by atoms with Crippen LogP contribution >= 0.6 is 27.5 Å². The molecule has 4 heteroatoms. The van der Waals surface area contributed by atoms with E-state index in [4.69, 9.17) is 17.3 Å². The fraction of sp³-hybridized carbons (Fsp3) is 0.222. The number of hydrogen-bond donors (Lipinski definition) is 1. The number of carbonyl (C=O) groups excluding carboxylic acids is 1. The van der Waals surface area contributed by atoms with Gasteiger partial charge in [0.25, 0.3) is 0 Å². The van der Waals surface area contributed by atoms with Gasteiger partial charge >= 0.3 is 0 Å². The lowest BCUT2D eigenvalue weighted by Crippen LogP contribution is -2.04. The van der Waals surface area contributed by atoms with Gasteiger partial charge < -0.3 is 5.73 Å². The third-order valence-corrected chi connectivity index (χ3v) is 2.71. The van der Waals surface area contributed by atoms with E-state index in [1.165, 1.54) is 6.92 Å². The monoisotopic (exact) mass is 261 g/mol. The summed E-state index contributed by atoms with van der Waals surface area (Å²) in [6.45, 7) is 1.44. The van der Waals surface area contributed by atoms with Crippen molar-refractivity contribution >= 4 is 39.0 Å². The van der Waals surface area contributed by atoms with Gasteiger partial charge in [0, 0.05) is 15.7 Å². The molecule has 0 spiro atoms. The number of alkyl halides is 1. The number of rotatable bonds is 2. The van der Waals surface area contributed by atoms with Crippen LogP contribution in [0.15, 0.2) is 22.7 Å². The summed E-state index contributed by atoms with van der Waals surface area (Å²) < 4.78 is 0.876. The summed E-state index contributed by atoms with van der Waals surface area (Å²) in [4.78, 5) is 11.0. The number of nitrogens with two attached hydrogens (primary N) is 1. The summed E-state index contributed by atoms with van der Waals surface area (Å²) in [5.74, 6) is -0.101. The molecule has 1 aromatic rings. The number of benzene rings is 1. The highest BCUT2D eigenvalue weighted by atomic mass is 79.9. The molecule has 1 aromatic carbocycles. The number of hydrogen-bond acceptors (Lipinski definition) is 2. The largest absolute Gasteiger partial charge is 0.398 e. The summed E-state index contributed by atoms with van der Waals surface area (Å²) in [5.41, 5.74) is 6.89. The van der Waals surface area contributed by atoms with Gasteiger partial charge in [-0.05, 0) is 19.1 Å². The highest BCUT2D eigenvalue weighted by molar-refractivity contribution is 9.10. The Morgan fingerprint density at radius 1 is 1.62 bits per heavy atom. The molecule has 0 heterocycles. The first-order valence-corrected chi connectivity index (χ1v) is 4.94. The van der Waals surface area contributed by atoms with Crippen LogP contribution in [-0.4, -0.2) is 5.78 Å². The van der Waals surface area contributed by atoms with Crippen molar-refractivity contribution in [1.82, 2.24) is 0 Å². The molecule has 1 rings (SSSR count). The molecule has 0 bridgehead atoms. The topological polar surface area (TPSA) is 43.1 Å². The Balaban J connectivity index is 3.08. The molecule has 2 nitrogen and oxygen atoms in total. The van der Waals surface area contributed by atoms with Crippen LogP contribution in [0, 0.1) is 0 Å². The van der Waals surface area contributed by atoms with E-state index in [9.17, 15) is 4.79 Å². The highest BCUT2D eigenvalue weighted by Crippen LogP contribution is 2.28. The highest BCUT2D eigenvalue weighted by Gasteiger charge is 2.15. The SMILES string of the molecule is CC(=O)C(Cl)c1ccc(Br)cc1N. The van der Waals surface area contributed by atoms with Crippen LogP contribution in [0.4, 0.5) is 5.69 Å². The molecular formula is C9H9BrClNO. The third kappa shape index (κ3) is 2.45. The Bertz CT molecular complexity index is 340. The molecule has 0 saturated carbocycles. The average molecular weight is 263 g/mol. The maximum Gasteiger partial charge on any atom is 0.152 e. The molecule has 0 radical (unpaired) electrons. The minimum Gasteiger partial charge on any atom is -0.398 e. The minimum atomic E-state index is -0.645. The van der Waals surface area contributed by atoms with Gasteiger partial charge in [-0.1, -0.05) is 22.0 Å². The van der Waals surface area contributed by atoms with E-state index < -0.39 is 5.38 Å². The van der Waals surface area contributed by atoms with Crippen molar-refractivity contribution in [2.24, 2.45) is 0 Å². The predicted molar refractivity (Wildman–Crippen MR) is 57.8 cm³/mol. The van der Waals surface area contributed by atoms with Gasteiger partial charge in [-0.15, -0.1) is 11.6 Å². The predicted octanol–water partition coefficient (Wildman–Crippen LogP) is 2.90. The number of carbonyl (C=O) groups is 1. The second-order valence-corrected chi connectivity index (χ2v) is 4.10. The smallest absolute Gasteiger partial charge is 0.152 e. The molecule has 1 unspecified atom stereocenters. The molecule has 0 saturated heterocycles. The van der Waals surface area contributed by atoms with Crippen LogP contribution in [-0.2, 0) is 4.79 Å². The number of halogens is 2. The first-order chi connectivity index (χ1) is 6.02. The molecule has 0 fully saturated rings. The van der Waals surface area contributed by atoms with Crippen molar-refractivity contribution < 1.29 is 4.79 Å². The van der Waals surface area contributed by atoms with Gasteiger partial charge in [-0.25, -0.2) is 0 Å². The average Bonchev–Trinajstić information content (AvgIpc) is 2.03. The van der Waals surface area contributed by atoms with Crippen LogP contribution in [0.1, 0.15) is 17.9 Å². The molecule has 0 aliphatic carbocycles. The van der Waals surface area contributed by atoms with Crippen molar-refractivity contribution in [3.63, 3.8) is 0 Å². The first-order valence-electron chi connectivity index (χ1n) is 3.72. The van der Waals surface area contributed by atoms with Crippen molar-refractivity contribution in [2.45, 2.75) is 12.3 Å². The quantitative estimate of drug-likeness (QED) is 0.658. The van der Waals surface area contributed by atoms with Crippen LogP contribution in [0.3, 0.4) is 0 Å². The van der Waals surface area contributed by atoms with E-state index in [-0.39, 0.29) is 5.78 Å². The Labute approximate surface area is 90.2 Å². The van der Waals surface area contributed by atoms with Crippen LogP contribution in [0.25, 0.3) is 0 Å². The molecular weight excluding hydrogens is 253 g/mol. The zero-order valence-electron chi connectivity index (χ0n) is 7.05. The molecule has 0 aromatic heterocycles. The Morgan fingerprint density at radius 2 is 2.23 bits per heavy atom. The number of ketones is 1. The van der Waals surface area contributed by atoms with Gasteiger partial charge in [0.15, 0.2) is 5.78 Å². The molecule has 0 amide bonds. The molecule has 2 N–H and O–H groups in total.